The molecule has 3 heteroatoms. The minimum atomic E-state index is 0.729. The molecule has 0 N–H and O–H groups in total. The molecule has 0 saturated heterocycles. The molecule has 1 aromatic heterocycles. The van der Waals surface area contributed by atoms with Gasteiger partial charge in [0.15, 0.2) is 12.7 Å². The third kappa shape index (κ3) is 4.22. The van der Waals surface area contributed by atoms with Gasteiger partial charge < -0.3 is 9.64 Å². The molecule has 0 atom stereocenters. The summed E-state index contributed by atoms with van der Waals surface area (Å²) in [7, 11) is 0. The van der Waals surface area contributed by atoms with Crippen molar-refractivity contribution in [3.05, 3.63) is 96.3 Å². The summed E-state index contributed by atoms with van der Waals surface area (Å²) in [4.78, 5) is 2.28. The van der Waals surface area contributed by atoms with Crippen molar-refractivity contribution in [1.29, 1.82) is 0 Å². The Hall–Kier alpha value is -3.17. The lowest BCUT2D eigenvalue weighted by Gasteiger charge is -2.26. The molecule has 2 heterocycles. The van der Waals surface area contributed by atoms with Crippen LogP contribution in [-0.4, -0.2) is 19.8 Å². The summed E-state index contributed by atoms with van der Waals surface area (Å²) in [5.74, 6) is 0. The van der Waals surface area contributed by atoms with E-state index >= 15 is 0 Å². The lowest BCUT2D eigenvalue weighted by Crippen LogP contribution is -2.36. The SMILES string of the molecule is CCOCC[n+]1ccc(C=CC=C2C=CN(CC)c3ccccc32)c2ccccc21. The van der Waals surface area contributed by atoms with Crippen LogP contribution in [0.5, 0.6) is 0 Å². The molecule has 0 spiro atoms. The van der Waals surface area contributed by atoms with Crippen LogP contribution in [0.25, 0.3) is 22.6 Å². The van der Waals surface area contributed by atoms with Crippen LogP contribution >= 0.6 is 0 Å². The molecule has 30 heavy (non-hydrogen) atoms. The summed E-state index contributed by atoms with van der Waals surface area (Å²) in [5.41, 5.74) is 6.23. The van der Waals surface area contributed by atoms with E-state index in [1.165, 1.54) is 33.3 Å². The third-order valence-electron chi connectivity index (χ3n) is 5.49. The predicted molar refractivity (Wildman–Crippen MR) is 126 cm³/mol. The van der Waals surface area contributed by atoms with Gasteiger partial charge in [0, 0.05) is 42.7 Å². The van der Waals surface area contributed by atoms with Gasteiger partial charge in [0.25, 0.3) is 0 Å². The van der Waals surface area contributed by atoms with Gasteiger partial charge in [-0.1, -0.05) is 48.6 Å². The fraction of sp³-hybridized carbons (Fsp3) is 0.222. The summed E-state index contributed by atoms with van der Waals surface area (Å²) in [6, 6.07) is 19.3. The van der Waals surface area contributed by atoms with E-state index in [0.717, 1.165) is 26.3 Å². The summed E-state index contributed by atoms with van der Waals surface area (Å²) in [5, 5.41) is 1.25. The lowest BCUT2D eigenvalue weighted by atomic mass is 9.99. The highest BCUT2D eigenvalue weighted by molar-refractivity contribution is 5.89. The highest BCUT2D eigenvalue weighted by Gasteiger charge is 2.14. The van der Waals surface area contributed by atoms with Gasteiger partial charge in [0.2, 0.25) is 5.52 Å². The number of allylic oxidation sites excluding steroid dienone is 4. The molecule has 0 bridgehead atoms. The van der Waals surface area contributed by atoms with Crippen LogP contribution in [0.15, 0.2) is 85.2 Å². The van der Waals surface area contributed by atoms with Crippen LogP contribution in [0.3, 0.4) is 0 Å². The highest BCUT2D eigenvalue weighted by atomic mass is 16.5. The van der Waals surface area contributed by atoms with Crippen molar-refractivity contribution in [2.45, 2.75) is 20.4 Å². The van der Waals surface area contributed by atoms with Crippen molar-refractivity contribution >= 4 is 28.2 Å². The zero-order chi connectivity index (χ0) is 20.8. The number of anilines is 1. The van der Waals surface area contributed by atoms with Gasteiger partial charge in [-0.25, -0.2) is 0 Å². The molecule has 2 aromatic carbocycles. The van der Waals surface area contributed by atoms with E-state index < -0.39 is 0 Å². The number of aromatic nitrogens is 1. The Labute approximate surface area is 179 Å². The zero-order valence-electron chi connectivity index (χ0n) is 17.8. The van der Waals surface area contributed by atoms with E-state index in [1.54, 1.807) is 0 Å². The number of hydrogen-bond acceptors (Lipinski definition) is 2. The first-order valence-corrected chi connectivity index (χ1v) is 10.7. The number of ether oxygens (including phenoxy) is 1. The number of rotatable bonds is 7. The quantitative estimate of drug-likeness (QED) is 0.380. The number of nitrogens with zero attached hydrogens (tertiary/aromatic N) is 2. The number of benzene rings is 2. The predicted octanol–water partition coefficient (Wildman–Crippen LogP) is 5.61. The van der Waals surface area contributed by atoms with Gasteiger partial charge in [-0.3, -0.25) is 0 Å². The average Bonchev–Trinajstić information content (AvgIpc) is 2.80. The monoisotopic (exact) mass is 397 g/mol. The lowest BCUT2D eigenvalue weighted by molar-refractivity contribution is -0.673. The smallest absolute Gasteiger partial charge is 0.213 e. The molecule has 1 aliphatic heterocycles. The Morgan fingerprint density at radius 3 is 2.70 bits per heavy atom. The molecule has 0 unspecified atom stereocenters. The minimum Gasteiger partial charge on any atom is -0.375 e. The minimum absolute atomic E-state index is 0.729. The summed E-state index contributed by atoms with van der Waals surface area (Å²) in [6.07, 6.45) is 13.1. The van der Waals surface area contributed by atoms with Crippen LogP contribution in [0.4, 0.5) is 5.69 Å². The summed E-state index contributed by atoms with van der Waals surface area (Å²) >= 11 is 0. The molecule has 3 nitrogen and oxygen atoms in total. The molecule has 0 radical (unpaired) electrons. The van der Waals surface area contributed by atoms with E-state index in [-0.39, 0.29) is 0 Å². The van der Waals surface area contributed by atoms with Gasteiger partial charge in [0.1, 0.15) is 6.61 Å². The molecule has 0 saturated carbocycles. The maximum absolute atomic E-state index is 5.54. The fourth-order valence-corrected chi connectivity index (χ4v) is 3.94. The second kappa shape index (κ2) is 9.55. The van der Waals surface area contributed by atoms with Gasteiger partial charge in [-0.05, 0) is 43.2 Å². The Morgan fingerprint density at radius 2 is 1.83 bits per heavy atom. The second-order valence-electron chi connectivity index (χ2n) is 7.28. The van der Waals surface area contributed by atoms with Gasteiger partial charge in [-0.15, -0.1) is 0 Å². The molecule has 4 rings (SSSR count). The average molecular weight is 398 g/mol. The number of hydrogen-bond donors (Lipinski definition) is 0. The van der Waals surface area contributed by atoms with Gasteiger partial charge in [0.05, 0.1) is 5.39 Å². The highest BCUT2D eigenvalue weighted by Crippen LogP contribution is 2.32. The number of para-hydroxylation sites is 2. The van der Waals surface area contributed by atoms with Crippen molar-refractivity contribution in [3.8, 4) is 0 Å². The molecule has 0 amide bonds. The first-order chi connectivity index (χ1) is 14.8. The maximum atomic E-state index is 5.54. The second-order valence-corrected chi connectivity index (χ2v) is 7.28. The molecular weight excluding hydrogens is 368 g/mol. The van der Waals surface area contributed by atoms with E-state index in [2.05, 4.69) is 108 Å². The van der Waals surface area contributed by atoms with Crippen LogP contribution in [0.1, 0.15) is 25.0 Å². The largest absolute Gasteiger partial charge is 0.375 e. The zero-order valence-corrected chi connectivity index (χ0v) is 17.8. The summed E-state index contributed by atoms with van der Waals surface area (Å²) in [6.45, 7) is 7.52. The molecule has 152 valence electrons. The van der Waals surface area contributed by atoms with E-state index in [9.17, 15) is 0 Å². The topological polar surface area (TPSA) is 16.4 Å². The van der Waals surface area contributed by atoms with Crippen LogP contribution in [0, 0.1) is 0 Å². The van der Waals surface area contributed by atoms with Crippen molar-refractivity contribution in [2.75, 3.05) is 24.7 Å². The number of fused-ring (bicyclic) bond motifs is 2. The van der Waals surface area contributed by atoms with Gasteiger partial charge in [-0.2, -0.15) is 4.57 Å². The fourth-order valence-electron chi connectivity index (χ4n) is 3.94. The summed E-state index contributed by atoms with van der Waals surface area (Å²) < 4.78 is 7.80. The third-order valence-corrected chi connectivity index (χ3v) is 5.49. The Balaban J connectivity index is 1.63. The Kier molecular flexibility index (Phi) is 6.41. The standard InChI is InChI=1S/C27H29N2O/c1-3-28-18-16-22(24-12-5-7-14-26(24)28)10-9-11-23-17-19-29(20-21-30-4-2)27-15-8-6-13-25(23)27/h5-19H,3-4,20-21H2,1-2H3/q+1. The molecule has 1 aliphatic rings. The van der Waals surface area contributed by atoms with Crippen molar-refractivity contribution in [3.63, 3.8) is 0 Å². The molecular formula is C27H29N2O+. The number of pyridine rings is 1. The van der Waals surface area contributed by atoms with Crippen molar-refractivity contribution < 1.29 is 9.30 Å². The maximum Gasteiger partial charge on any atom is 0.213 e. The van der Waals surface area contributed by atoms with Crippen molar-refractivity contribution in [2.24, 2.45) is 0 Å². The van der Waals surface area contributed by atoms with Gasteiger partial charge >= 0.3 is 0 Å². The first-order valence-electron chi connectivity index (χ1n) is 10.7. The Morgan fingerprint density at radius 1 is 1.00 bits per heavy atom. The van der Waals surface area contributed by atoms with E-state index in [4.69, 9.17) is 4.74 Å². The van der Waals surface area contributed by atoms with E-state index in [1.807, 2.05) is 6.92 Å². The van der Waals surface area contributed by atoms with Crippen molar-refractivity contribution in [1.82, 2.24) is 0 Å². The van der Waals surface area contributed by atoms with Crippen LogP contribution in [0.2, 0.25) is 0 Å². The van der Waals surface area contributed by atoms with E-state index in [0.29, 0.717) is 0 Å². The molecule has 3 aromatic rings. The first kappa shape index (κ1) is 20.1. The molecule has 0 aliphatic carbocycles. The molecule has 0 fully saturated rings. The van der Waals surface area contributed by atoms with Crippen LogP contribution < -0.4 is 9.47 Å². The van der Waals surface area contributed by atoms with Crippen LogP contribution in [-0.2, 0) is 11.3 Å². The Bertz CT molecular complexity index is 1110. The normalized spacial score (nSPS) is 14.7.